The molecule has 5 heteroatoms. The molecule has 4 rings (SSSR count). The standard InChI is InChI=1S/C25H28N4O/c1-2-27-24(30)25(12-16-29(19-25)18-23-5-3-4-13-28-23)17-20-6-8-21(9-7-20)22-10-14-26-15-11-22/h3-11,13-15H,2,12,16-19H2,1H3,(H,27,30)/t25-/m1/s1. The molecule has 1 atom stereocenters. The summed E-state index contributed by atoms with van der Waals surface area (Å²) >= 11 is 0. The van der Waals surface area contributed by atoms with E-state index in [0.29, 0.717) is 6.54 Å². The van der Waals surface area contributed by atoms with Crippen molar-refractivity contribution >= 4 is 5.91 Å². The van der Waals surface area contributed by atoms with Crippen molar-refractivity contribution in [3.05, 3.63) is 84.4 Å². The van der Waals surface area contributed by atoms with Crippen LogP contribution in [0.5, 0.6) is 0 Å². The molecule has 0 aliphatic carbocycles. The van der Waals surface area contributed by atoms with Crippen molar-refractivity contribution < 1.29 is 4.79 Å². The van der Waals surface area contributed by atoms with Gasteiger partial charge >= 0.3 is 0 Å². The molecule has 154 valence electrons. The maximum atomic E-state index is 13.1. The van der Waals surface area contributed by atoms with E-state index >= 15 is 0 Å². The Morgan fingerprint density at radius 1 is 1.03 bits per heavy atom. The zero-order chi connectivity index (χ0) is 20.8. The molecule has 30 heavy (non-hydrogen) atoms. The molecule has 3 heterocycles. The van der Waals surface area contributed by atoms with Crippen LogP contribution >= 0.6 is 0 Å². The number of likely N-dealkylation sites (tertiary alicyclic amines) is 1. The van der Waals surface area contributed by atoms with Gasteiger partial charge in [-0.25, -0.2) is 0 Å². The first-order valence-electron chi connectivity index (χ1n) is 10.6. The van der Waals surface area contributed by atoms with Gasteiger partial charge in [-0.15, -0.1) is 0 Å². The highest BCUT2D eigenvalue weighted by atomic mass is 16.2. The number of nitrogens with one attached hydrogen (secondary N) is 1. The van der Waals surface area contributed by atoms with E-state index in [-0.39, 0.29) is 5.91 Å². The molecule has 5 nitrogen and oxygen atoms in total. The van der Waals surface area contributed by atoms with Crippen LogP contribution in [0.1, 0.15) is 24.6 Å². The number of rotatable bonds is 7. The van der Waals surface area contributed by atoms with E-state index in [4.69, 9.17) is 0 Å². The normalized spacial score (nSPS) is 19.0. The minimum absolute atomic E-state index is 0.159. The van der Waals surface area contributed by atoms with Crippen LogP contribution in [0.15, 0.2) is 73.2 Å². The second-order valence-corrected chi connectivity index (χ2v) is 8.03. The third-order valence-electron chi connectivity index (χ3n) is 5.87. The molecule has 1 aliphatic rings. The lowest BCUT2D eigenvalue weighted by Crippen LogP contribution is -2.44. The van der Waals surface area contributed by atoms with Crippen LogP contribution in [-0.2, 0) is 17.8 Å². The van der Waals surface area contributed by atoms with E-state index in [2.05, 4.69) is 44.5 Å². The molecule has 0 saturated carbocycles. The number of pyridine rings is 2. The molecular formula is C25H28N4O. The largest absolute Gasteiger partial charge is 0.356 e. The van der Waals surface area contributed by atoms with Gasteiger partial charge in [-0.1, -0.05) is 30.3 Å². The summed E-state index contributed by atoms with van der Waals surface area (Å²) in [5, 5.41) is 3.08. The predicted molar refractivity (Wildman–Crippen MR) is 119 cm³/mol. The summed E-state index contributed by atoms with van der Waals surface area (Å²) in [4.78, 5) is 24.0. The summed E-state index contributed by atoms with van der Waals surface area (Å²) in [5.41, 5.74) is 4.15. The Hall–Kier alpha value is -3.05. The van der Waals surface area contributed by atoms with Crippen molar-refractivity contribution in [1.82, 2.24) is 20.2 Å². The van der Waals surface area contributed by atoms with Crippen LogP contribution in [-0.4, -0.2) is 40.4 Å². The highest BCUT2D eigenvalue weighted by Gasteiger charge is 2.44. The summed E-state index contributed by atoms with van der Waals surface area (Å²) in [7, 11) is 0. The lowest BCUT2D eigenvalue weighted by atomic mass is 9.79. The van der Waals surface area contributed by atoms with Crippen molar-refractivity contribution in [2.75, 3.05) is 19.6 Å². The van der Waals surface area contributed by atoms with Crippen molar-refractivity contribution in [2.45, 2.75) is 26.3 Å². The van der Waals surface area contributed by atoms with E-state index < -0.39 is 5.41 Å². The summed E-state index contributed by atoms with van der Waals surface area (Å²) in [6.45, 7) is 5.07. The van der Waals surface area contributed by atoms with Gasteiger partial charge in [0.25, 0.3) is 0 Å². The minimum atomic E-state index is -0.400. The predicted octanol–water partition coefficient (Wildman–Crippen LogP) is 3.71. The summed E-state index contributed by atoms with van der Waals surface area (Å²) < 4.78 is 0. The van der Waals surface area contributed by atoms with Crippen molar-refractivity contribution in [3.63, 3.8) is 0 Å². The Labute approximate surface area is 178 Å². The van der Waals surface area contributed by atoms with Crippen molar-refractivity contribution in [3.8, 4) is 11.1 Å². The number of carbonyl (C=O) groups is 1. The van der Waals surface area contributed by atoms with E-state index in [1.807, 2.05) is 55.8 Å². The fourth-order valence-electron chi connectivity index (χ4n) is 4.32. The molecule has 1 fully saturated rings. The van der Waals surface area contributed by atoms with Gasteiger partial charge in [-0.2, -0.15) is 0 Å². The first-order chi connectivity index (χ1) is 14.7. The third kappa shape index (κ3) is 4.57. The summed E-state index contributed by atoms with van der Waals surface area (Å²) in [6, 6.07) is 18.6. The van der Waals surface area contributed by atoms with Crippen LogP contribution in [0.2, 0.25) is 0 Å². The Morgan fingerprint density at radius 2 is 1.80 bits per heavy atom. The molecule has 0 unspecified atom stereocenters. The molecular weight excluding hydrogens is 372 g/mol. The lowest BCUT2D eigenvalue weighted by molar-refractivity contribution is -0.130. The molecule has 0 bridgehead atoms. The smallest absolute Gasteiger partial charge is 0.227 e. The van der Waals surface area contributed by atoms with Crippen LogP contribution in [0.4, 0.5) is 0 Å². The van der Waals surface area contributed by atoms with Gasteiger partial charge < -0.3 is 5.32 Å². The van der Waals surface area contributed by atoms with Crippen LogP contribution in [0, 0.1) is 5.41 Å². The van der Waals surface area contributed by atoms with E-state index in [0.717, 1.165) is 49.3 Å². The monoisotopic (exact) mass is 400 g/mol. The number of hydrogen-bond donors (Lipinski definition) is 1. The fourth-order valence-corrected chi connectivity index (χ4v) is 4.32. The molecule has 1 aromatic carbocycles. The zero-order valence-corrected chi connectivity index (χ0v) is 17.4. The maximum absolute atomic E-state index is 13.1. The fraction of sp³-hybridized carbons (Fsp3) is 0.320. The molecule has 3 aromatic rings. The highest BCUT2D eigenvalue weighted by Crippen LogP contribution is 2.36. The number of nitrogens with zero attached hydrogens (tertiary/aromatic N) is 3. The Kier molecular flexibility index (Phi) is 6.19. The van der Waals surface area contributed by atoms with Gasteiger partial charge in [-0.05, 0) is 67.3 Å². The third-order valence-corrected chi connectivity index (χ3v) is 5.87. The van der Waals surface area contributed by atoms with E-state index in [1.165, 1.54) is 5.56 Å². The number of carbonyl (C=O) groups excluding carboxylic acids is 1. The number of benzene rings is 1. The molecule has 2 aromatic heterocycles. The molecule has 0 radical (unpaired) electrons. The number of amides is 1. The molecule has 0 spiro atoms. The van der Waals surface area contributed by atoms with E-state index in [9.17, 15) is 4.79 Å². The van der Waals surface area contributed by atoms with Gasteiger partial charge in [0, 0.05) is 38.2 Å². The van der Waals surface area contributed by atoms with Crippen LogP contribution < -0.4 is 5.32 Å². The molecule has 1 amide bonds. The first-order valence-corrected chi connectivity index (χ1v) is 10.6. The Bertz CT molecular complexity index is 959. The second kappa shape index (κ2) is 9.18. The second-order valence-electron chi connectivity index (χ2n) is 8.03. The Morgan fingerprint density at radius 3 is 2.50 bits per heavy atom. The van der Waals surface area contributed by atoms with Crippen molar-refractivity contribution in [2.24, 2.45) is 5.41 Å². The highest BCUT2D eigenvalue weighted by molar-refractivity contribution is 5.83. The average Bonchev–Trinajstić information content (AvgIpc) is 3.19. The Balaban J connectivity index is 1.51. The minimum Gasteiger partial charge on any atom is -0.356 e. The molecule has 1 N–H and O–H groups in total. The zero-order valence-electron chi connectivity index (χ0n) is 17.4. The van der Waals surface area contributed by atoms with Crippen LogP contribution in [0.25, 0.3) is 11.1 Å². The quantitative estimate of drug-likeness (QED) is 0.657. The van der Waals surface area contributed by atoms with E-state index in [1.54, 1.807) is 0 Å². The lowest BCUT2D eigenvalue weighted by Gasteiger charge is -2.28. The van der Waals surface area contributed by atoms with Gasteiger partial charge in [0.2, 0.25) is 5.91 Å². The molecule has 1 saturated heterocycles. The summed E-state index contributed by atoms with van der Waals surface area (Å²) in [6.07, 6.45) is 7.04. The van der Waals surface area contributed by atoms with Gasteiger partial charge in [-0.3, -0.25) is 19.7 Å². The van der Waals surface area contributed by atoms with Gasteiger partial charge in [0.05, 0.1) is 11.1 Å². The first kappa shape index (κ1) is 20.2. The van der Waals surface area contributed by atoms with Crippen molar-refractivity contribution in [1.29, 1.82) is 0 Å². The van der Waals surface area contributed by atoms with Crippen LogP contribution in [0.3, 0.4) is 0 Å². The number of hydrogen-bond acceptors (Lipinski definition) is 4. The maximum Gasteiger partial charge on any atom is 0.227 e. The average molecular weight is 401 g/mol. The SMILES string of the molecule is CCNC(=O)[C@@]1(Cc2ccc(-c3ccncc3)cc2)CCN(Cc2ccccn2)C1. The van der Waals surface area contributed by atoms with Gasteiger partial charge in [0.1, 0.15) is 0 Å². The number of aromatic nitrogens is 2. The summed E-state index contributed by atoms with van der Waals surface area (Å²) in [5.74, 6) is 0.159. The van der Waals surface area contributed by atoms with Gasteiger partial charge in [0.15, 0.2) is 0 Å². The molecule has 1 aliphatic heterocycles. The topological polar surface area (TPSA) is 58.1 Å².